The number of nitrogens with zero attached hydrogens (tertiary/aromatic N) is 1. The molecule has 145 valence electrons. The molecule has 1 aliphatic carbocycles. The molecule has 2 aliphatic heterocycles. The van der Waals surface area contributed by atoms with Gasteiger partial charge in [-0.15, -0.1) is 28.5 Å². The summed E-state index contributed by atoms with van der Waals surface area (Å²) in [6.07, 6.45) is 4.44. The van der Waals surface area contributed by atoms with Gasteiger partial charge in [0.2, 0.25) is 0 Å². The van der Waals surface area contributed by atoms with Gasteiger partial charge in [0, 0.05) is 11.3 Å². The van der Waals surface area contributed by atoms with E-state index in [-0.39, 0.29) is 51.0 Å². The molecule has 29 heavy (non-hydrogen) atoms. The number of allylic oxidation sites excluding steroid dienone is 4. The number of fused-ring (bicyclic) bond motifs is 3. The molecule has 0 fully saturated rings. The predicted molar refractivity (Wildman–Crippen MR) is 116 cm³/mol. The van der Waals surface area contributed by atoms with Gasteiger partial charge in [0.1, 0.15) is 8.07 Å². The topological polar surface area (TPSA) is 12.4 Å². The van der Waals surface area contributed by atoms with Gasteiger partial charge in [0.15, 0.2) is 0 Å². The first-order valence-corrected chi connectivity index (χ1v) is 12.3. The molecule has 3 aromatic carbocycles. The van der Waals surface area contributed by atoms with E-state index in [9.17, 15) is 0 Å². The first-order valence-electron chi connectivity index (χ1n) is 9.25. The molecule has 0 saturated heterocycles. The van der Waals surface area contributed by atoms with Crippen LogP contribution in [-0.4, -0.2) is 13.8 Å². The van der Waals surface area contributed by atoms with E-state index < -0.39 is 8.07 Å². The molecule has 0 amide bonds. The summed E-state index contributed by atoms with van der Waals surface area (Å²) in [5, 5.41) is 8.64. The minimum atomic E-state index is -1.17. The maximum Gasteiger partial charge on any atom is 3.00 e. The Morgan fingerprint density at radius 2 is 1.62 bits per heavy atom. The minimum Gasteiger partial charge on any atom is -1.00 e. The molecule has 3 aromatic rings. The van der Waals surface area contributed by atoms with Crippen molar-refractivity contribution < 1.29 is 51.0 Å². The molecular formula is C24H22Cl2NSiZr. The molecule has 0 aromatic heterocycles. The van der Waals surface area contributed by atoms with Gasteiger partial charge in [-0.25, -0.2) is 0 Å². The molecule has 3 aliphatic rings. The van der Waals surface area contributed by atoms with Crippen LogP contribution in [-0.2, 0) is 26.2 Å². The van der Waals surface area contributed by atoms with E-state index in [1.807, 2.05) is 0 Å². The molecule has 0 bridgehead atoms. The second-order valence-corrected chi connectivity index (χ2v) is 12.3. The zero-order valence-electron chi connectivity index (χ0n) is 17.0. The molecule has 0 atom stereocenters. The number of hydrogen-bond donors (Lipinski definition) is 0. The van der Waals surface area contributed by atoms with Crippen LogP contribution in [0, 0.1) is 6.92 Å². The summed E-state index contributed by atoms with van der Waals surface area (Å²) < 4.78 is 0. The summed E-state index contributed by atoms with van der Waals surface area (Å²) in [4.78, 5) is 4.56. The van der Waals surface area contributed by atoms with Crippen molar-refractivity contribution in [2.24, 2.45) is 4.99 Å². The Hall–Kier alpha value is -1.12. The zero-order chi connectivity index (χ0) is 18.1. The van der Waals surface area contributed by atoms with E-state index >= 15 is 0 Å². The van der Waals surface area contributed by atoms with Gasteiger partial charge in [-0.2, -0.15) is 6.07 Å². The normalized spacial score (nSPS) is 16.9. The number of aryl methyl sites for hydroxylation is 1. The fourth-order valence-electron chi connectivity index (χ4n) is 4.71. The monoisotopic (exact) mass is 512 g/mol. The second kappa shape index (κ2) is 8.55. The summed E-state index contributed by atoms with van der Waals surface area (Å²) in [5.41, 5.74) is 5.34. The Labute approximate surface area is 205 Å². The van der Waals surface area contributed by atoms with E-state index in [0.717, 1.165) is 0 Å². The van der Waals surface area contributed by atoms with Crippen molar-refractivity contribution in [1.29, 1.82) is 0 Å². The van der Waals surface area contributed by atoms with Gasteiger partial charge in [0.25, 0.3) is 0 Å². The van der Waals surface area contributed by atoms with Crippen LogP contribution < -0.4 is 24.8 Å². The van der Waals surface area contributed by atoms with Crippen LogP contribution in [0.2, 0.25) is 13.1 Å². The van der Waals surface area contributed by atoms with Crippen LogP contribution in [0.5, 0.6) is 0 Å². The third-order valence-electron chi connectivity index (χ3n) is 5.89. The van der Waals surface area contributed by atoms with Crippen molar-refractivity contribution in [3.8, 4) is 0 Å². The summed E-state index contributed by atoms with van der Waals surface area (Å²) >= 11 is 0. The fraction of sp³-hybridized carbons (Fsp3) is 0.167. The van der Waals surface area contributed by atoms with Crippen molar-refractivity contribution in [3.63, 3.8) is 0 Å². The van der Waals surface area contributed by atoms with Crippen molar-refractivity contribution in [3.05, 3.63) is 87.9 Å². The van der Waals surface area contributed by atoms with E-state index in [2.05, 4.69) is 92.6 Å². The number of rotatable bonds is 0. The van der Waals surface area contributed by atoms with E-state index in [1.54, 1.807) is 10.4 Å². The van der Waals surface area contributed by atoms with Gasteiger partial charge >= 0.3 is 26.2 Å². The second-order valence-electron chi connectivity index (χ2n) is 8.03. The summed E-state index contributed by atoms with van der Waals surface area (Å²) in [6.45, 7) is 9.12. The third kappa shape index (κ3) is 3.61. The van der Waals surface area contributed by atoms with Crippen LogP contribution in [0.1, 0.15) is 12.5 Å². The maximum atomic E-state index is 4.56. The van der Waals surface area contributed by atoms with Gasteiger partial charge in [-0.05, 0) is 28.8 Å². The summed E-state index contributed by atoms with van der Waals surface area (Å²) in [5.74, 6) is 0. The average Bonchev–Trinajstić information content (AvgIpc) is 3.24. The van der Waals surface area contributed by atoms with Crippen LogP contribution in [0.25, 0.3) is 21.5 Å². The van der Waals surface area contributed by atoms with Gasteiger partial charge in [-0.3, -0.25) is 4.99 Å². The van der Waals surface area contributed by atoms with Gasteiger partial charge < -0.3 is 24.8 Å². The van der Waals surface area contributed by atoms with Crippen molar-refractivity contribution in [2.45, 2.75) is 26.9 Å². The molecule has 0 unspecified atom stereocenters. The molecule has 0 saturated carbocycles. The summed E-state index contributed by atoms with van der Waals surface area (Å²) in [7, 11) is -1.17. The minimum absolute atomic E-state index is 0. The van der Waals surface area contributed by atoms with E-state index in [4.69, 9.17) is 0 Å². The largest absolute Gasteiger partial charge is 3.00 e. The van der Waals surface area contributed by atoms with E-state index in [1.165, 1.54) is 44.1 Å². The van der Waals surface area contributed by atoms with Crippen molar-refractivity contribution in [2.75, 3.05) is 0 Å². The Morgan fingerprint density at radius 3 is 2.38 bits per heavy atom. The Balaban J connectivity index is 0.000000189. The first kappa shape index (κ1) is 24.2. The van der Waals surface area contributed by atoms with Crippen LogP contribution in [0.4, 0.5) is 0 Å². The number of hydrogen-bond acceptors (Lipinski definition) is 1. The predicted octanol–water partition coefficient (Wildman–Crippen LogP) is 0.408. The molecule has 1 nitrogen and oxygen atoms in total. The first-order chi connectivity index (χ1) is 12.5. The fourth-order valence-corrected chi connectivity index (χ4v) is 8.02. The van der Waals surface area contributed by atoms with Crippen LogP contribution >= 0.6 is 0 Å². The summed E-state index contributed by atoms with van der Waals surface area (Å²) in [6, 6.07) is 17.4. The van der Waals surface area contributed by atoms with Crippen LogP contribution in [0.3, 0.4) is 0 Å². The SMILES string of the molecule is CC1=NC2=CC=C3C2=C1[Si]3(C)C.Cc1cc2c(ccc3ccccc32)[cH-]1.[Cl-].[Cl-].[Zr+3]. The van der Waals surface area contributed by atoms with Crippen LogP contribution in [0.15, 0.2) is 87.3 Å². The average molecular weight is 515 g/mol. The molecule has 5 heteroatoms. The van der Waals surface area contributed by atoms with Crippen molar-refractivity contribution >= 4 is 35.3 Å². The Kier molecular flexibility index (Phi) is 7.12. The number of halogens is 2. The standard InChI is InChI=1S/C14H11.C10H11NSi.2ClH.Zr/c1-10-8-12-7-6-11-4-2-3-5-13(11)14(12)9-10;1-6-10-9-7(11-6)4-5-8(9)12(10,2)3;;;/h2-9H,1H3;4-5H,1-3H3;2*1H;/q-1;;;;+3/p-2. The molecule has 1 radical (unpaired) electrons. The number of aliphatic imine (C=N–C) groups is 1. The van der Waals surface area contributed by atoms with Gasteiger partial charge in [0.05, 0.1) is 5.70 Å². The Morgan fingerprint density at radius 1 is 0.897 bits per heavy atom. The molecular weight excluding hydrogens is 492 g/mol. The smallest absolute Gasteiger partial charge is 1.00 e. The molecule has 2 heterocycles. The molecule has 6 rings (SSSR count). The molecule has 0 N–H and O–H groups in total. The zero-order valence-corrected chi connectivity index (χ0v) is 21.9. The Bertz CT molecular complexity index is 1230. The van der Waals surface area contributed by atoms with Crippen molar-refractivity contribution in [1.82, 2.24) is 0 Å². The maximum absolute atomic E-state index is 4.56. The van der Waals surface area contributed by atoms with Gasteiger partial charge in [-0.1, -0.05) is 61.8 Å². The van der Waals surface area contributed by atoms with E-state index in [0.29, 0.717) is 0 Å². The third-order valence-corrected chi connectivity index (χ3v) is 9.52. The quantitative estimate of drug-likeness (QED) is 0.305. The number of benzene rings is 2. The molecule has 0 spiro atoms.